The number of nitrogens with zero attached hydrogens (tertiary/aromatic N) is 4. The first-order valence-electron chi connectivity index (χ1n) is 8.56. The van der Waals surface area contributed by atoms with Crippen molar-refractivity contribution in [2.24, 2.45) is 0 Å². The number of hydrogen-bond acceptors (Lipinski definition) is 6. The fourth-order valence-corrected chi connectivity index (χ4v) is 3.35. The largest absolute Gasteiger partial charge is 0.408 e. The van der Waals surface area contributed by atoms with E-state index in [9.17, 15) is 23.1 Å². The van der Waals surface area contributed by atoms with E-state index in [1.807, 2.05) is 4.90 Å². The van der Waals surface area contributed by atoms with Crippen LogP contribution in [0, 0.1) is 0 Å². The predicted molar refractivity (Wildman–Crippen MR) is 89.6 cm³/mol. The molecule has 0 bridgehead atoms. The number of fused-ring (bicyclic) bond motifs is 1. The number of aromatic nitrogens is 2. The fourth-order valence-electron chi connectivity index (χ4n) is 3.35. The van der Waals surface area contributed by atoms with Crippen molar-refractivity contribution < 1.29 is 23.0 Å². The van der Waals surface area contributed by atoms with Gasteiger partial charge in [0.2, 0.25) is 5.95 Å². The normalized spacial score (nSPS) is 21.7. The van der Waals surface area contributed by atoms with Crippen LogP contribution >= 0.6 is 0 Å². The molecule has 1 aromatic rings. The summed E-state index contributed by atoms with van der Waals surface area (Å²) in [5, 5.41) is 10.1. The molecule has 3 heterocycles. The van der Waals surface area contributed by atoms with Crippen molar-refractivity contribution in [2.45, 2.75) is 44.6 Å². The van der Waals surface area contributed by atoms with E-state index in [4.69, 9.17) is 4.74 Å². The van der Waals surface area contributed by atoms with E-state index in [-0.39, 0.29) is 25.5 Å². The summed E-state index contributed by atoms with van der Waals surface area (Å²) in [4.78, 5) is 19.7. The molecule has 3 rings (SSSR count). The predicted octanol–water partition coefficient (Wildman–Crippen LogP) is 0.992. The first-order chi connectivity index (χ1) is 12.1. The second-order valence-corrected chi connectivity index (χ2v) is 7.29. The molecule has 10 heteroatoms. The Morgan fingerprint density at radius 3 is 2.50 bits per heavy atom. The van der Waals surface area contributed by atoms with E-state index in [1.165, 1.54) is 24.5 Å². The van der Waals surface area contributed by atoms with Crippen LogP contribution in [0.15, 0.2) is 10.9 Å². The van der Waals surface area contributed by atoms with Gasteiger partial charge in [0.05, 0.1) is 18.8 Å². The van der Waals surface area contributed by atoms with Gasteiger partial charge >= 0.3 is 6.18 Å². The molecule has 1 saturated heterocycles. The summed E-state index contributed by atoms with van der Waals surface area (Å²) in [5.74, 6) is 0.294. The lowest BCUT2D eigenvalue weighted by Gasteiger charge is -2.41. The minimum atomic E-state index is -4.48. The molecule has 7 nitrogen and oxygen atoms in total. The van der Waals surface area contributed by atoms with Gasteiger partial charge in [-0.05, 0) is 20.3 Å². The Bertz CT molecular complexity index is 708. The van der Waals surface area contributed by atoms with Crippen LogP contribution < -0.4 is 15.4 Å². The Kier molecular flexibility index (Phi) is 4.91. The molecule has 0 spiro atoms. The van der Waals surface area contributed by atoms with E-state index in [0.29, 0.717) is 32.1 Å². The summed E-state index contributed by atoms with van der Waals surface area (Å²) in [6.07, 6.45) is -4.74. The van der Waals surface area contributed by atoms with E-state index >= 15 is 0 Å². The molecule has 26 heavy (non-hydrogen) atoms. The number of hydrogen-bond donors (Lipinski definition) is 1. The molecule has 0 saturated carbocycles. The zero-order chi connectivity index (χ0) is 19.1. The van der Waals surface area contributed by atoms with Crippen LogP contribution in [0.3, 0.4) is 0 Å². The third-order valence-electron chi connectivity index (χ3n) is 4.50. The molecule has 0 unspecified atom stereocenters. The average Bonchev–Trinajstić information content (AvgIpc) is 2.53. The molecule has 0 radical (unpaired) electrons. The van der Waals surface area contributed by atoms with Crippen LogP contribution in [0.5, 0.6) is 0 Å². The minimum absolute atomic E-state index is 0.0466. The van der Waals surface area contributed by atoms with Gasteiger partial charge in [-0.3, -0.25) is 9.36 Å². The number of halogens is 3. The number of anilines is 2. The number of rotatable bonds is 3. The third-order valence-corrected chi connectivity index (χ3v) is 4.50. The minimum Gasteiger partial charge on any atom is -0.389 e. The maximum Gasteiger partial charge on any atom is 0.408 e. The Morgan fingerprint density at radius 1 is 1.27 bits per heavy atom. The Balaban J connectivity index is 2.05. The van der Waals surface area contributed by atoms with Gasteiger partial charge in [0.25, 0.3) is 5.56 Å². The second-order valence-electron chi connectivity index (χ2n) is 7.29. The zero-order valence-corrected chi connectivity index (χ0v) is 14.8. The number of ether oxygens (including phenoxy) is 1. The lowest BCUT2D eigenvalue weighted by Crippen LogP contribution is -2.56. The SMILES string of the molecule is CC(C)(O)CN1c2nc(N3CCOCC3)cc(=O)n2CC[C@H]1C(F)(F)F. The first kappa shape index (κ1) is 19.0. The Hall–Kier alpha value is -1.81. The molecule has 2 aliphatic rings. The van der Waals surface area contributed by atoms with Gasteiger partial charge in [0.15, 0.2) is 0 Å². The number of aliphatic hydroxyl groups is 1. The number of β-amino-alcohol motifs (C(OH)–C–C–N with tert-alkyl or cyclic N) is 1. The van der Waals surface area contributed by atoms with Crippen LogP contribution in [-0.2, 0) is 11.3 Å². The van der Waals surface area contributed by atoms with Crippen molar-refractivity contribution in [3.05, 3.63) is 16.4 Å². The highest BCUT2D eigenvalue weighted by Gasteiger charge is 2.48. The molecule has 0 amide bonds. The molecule has 0 aliphatic carbocycles. The Labute approximate surface area is 149 Å². The van der Waals surface area contributed by atoms with Gasteiger partial charge in [-0.1, -0.05) is 0 Å². The molecule has 0 aromatic carbocycles. The van der Waals surface area contributed by atoms with Crippen LogP contribution in [0.1, 0.15) is 20.3 Å². The third kappa shape index (κ3) is 3.96. The average molecular weight is 376 g/mol. The van der Waals surface area contributed by atoms with Gasteiger partial charge < -0.3 is 19.6 Å². The van der Waals surface area contributed by atoms with Gasteiger partial charge in [0, 0.05) is 32.2 Å². The molecule has 146 valence electrons. The van der Waals surface area contributed by atoms with Crippen molar-refractivity contribution >= 4 is 11.8 Å². The first-order valence-corrected chi connectivity index (χ1v) is 8.56. The summed E-state index contributed by atoms with van der Waals surface area (Å²) in [6, 6.07) is -0.439. The van der Waals surface area contributed by atoms with Crippen molar-refractivity contribution in [2.75, 3.05) is 42.6 Å². The van der Waals surface area contributed by atoms with E-state index in [0.717, 1.165) is 4.90 Å². The molecule has 1 aromatic heterocycles. The summed E-state index contributed by atoms with van der Waals surface area (Å²) in [6.45, 7) is 4.51. The van der Waals surface area contributed by atoms with E-state index in [2.05, 4.69) is 4.98 Å². The maximum atomic E-state index is 13.6. The van der Waals surface area contributed by atoms with Crippen LogP contribution in [-0.4, -0.2) is 65.3 Å². The highest BCUT2D eigenvalue weighted by molar-refractivity contribution is 5.47. The van der Waals surface area contributed by atoms with Crippen molar-refractivity contribution in [3.63, 3.8) is 0 Å². The van der Waals surface area contributed by atoms with Gasteiger partial charge in [-0.2, -0.15) is 18.2 Å². The van der Waals surface area contributed by atoms with Crippen LogP contribution in [0.4, 0.5) is 24.9 Å². The maximum absolute atomic E-state index is 13.6. The van der Waals surface area contributed by atoms with Gasteiger partial charge in [-0.25, -0.2) is 0 Å². The highest BCUT2D eigenvalue weighted by atomic mass is 19.4. The smallest absolute Gasteiger partial charge is 0.389 e. The highest BCUT2D eigenvalue weighted by Crippen LogP contribution is 2.35. The number of morpholine rings is 1. The van der Waals surface area contributed by atoms with Crippen molar-refractivity contribution in [3.8, 4) is 0 Å². The molecule has 1 atom stereocenters. The van der Waals surface area contributed by atoms with Crippen molar-refractivity contribution in [1.82, 2.24) is 9.55 Å². The topological polar surface area (TPSA) is 70.8 Å². The van der Waals surface area contributed by atoms with E-state index in [1.54, 1.807) is 0 Å². The van der Waals surface area contributed by atoms with Crippen LogP contribution in [0.25, 0.3) is 0 Å². The molecule has 1 N–H and O–H groups in total. The monoisotopic (exact) mass is 376 g/mol. The van der Waals surface area contributed by atoms with Gasteiger partial charge in [-0.15, -0.1) is 0 Å². The fraction of sp³-hybridized carbons (Fsp3) is 0.750. The summed E-state index contributed by atoms with van der Waals surface area (Å²) in [7, 11) is 0. The Morgan fingerprint density at radius 2 is 1.92 bits per heavy atom. The summed E-state index contributed by atoms with van der Waals surface area (Å²) < 4.78 is 47.2. The molecule has 1 fully saturated rings. The van der Waals surface area contributed by atoms with Crippen LogP contribution in [0.2, 0.25) is 0 Å². The van der Waals surface area contributed by atoms with Crippen molar-refractivity contribution in [1.29, 1.82) is 0 Å². The zero-order valence-electron chi connectivity index (χ0n) is 14.8. The lowest BCUT2D eigenvalue weighted by molar-refractivity contribution is -0.154. The number of alkyl halides is 3. The van der Waals surface area contributed by atoms with E-state index < -0.39 is 23.4 Å². The lowest BCUT2D eigenvalue weighted by atomic mass is 10.0. The van der Waals surface area contributed by atoms with Gasteiger partial charge in [0.1, 0.15) is 11.9 Å². The summed E-state index contributed by atoms with van der Waals surface area (Å²) in [5.41, 5.74) is -1.77. The molecule has 2 aliphatic heterocycles. The quantitative estimate of drug-likeness (QED) is 0.849. The molecular weight excluding hydrogens is 353 g/mol. The molecular formula is C16H23F3N4O3. The standard InChI is InChI=1S/C16H23F3N4O3/c1-15(2,25)10-23-11(16(17,18)19)3-4-22-13(24)9-12(20-14(22)23)21-5-7-26-8-6-21/h9,11,25H,3-8,10H2,1-2H3/t11-/m0/s1. The summed E-state index contributed by atoms with van der Waals surface area (Å²) >= 11 is 0. The second kappa shape index (κ2) is 6.73.